The van der Waals surface area contributed by atoms with Crippen LogP contribution in [0.2, 0.25) is 5.02 Å². The minimum Gasteiger partial charge on any atom is -0.444 e. The van der Waals surface area contributed by atoms with Crippen molar-refractivity contribution in [3.05, 3.63) is 41.1 Å². The first-order chi connectivity index (χ1) is 13.7. The Labute approximate surface area is 175 Å². The molecule has 1 aromatic carbocycles. The number of benzene rings is 1. The topological polar surface area (TPSA) is 67.6 Å². The molecule has 158 valence electrons. The van der Waals surface area contributed by atoms with E-state index in [4.69, 9.17) is 21.3 Å². The van der Waals surface area contributed by atoms with Gasteiger partial charge in [0.2, 0.25) is 0 Å². The van der Waals surface area contributed by atoms with E-state index in [0.29, 0.717) is 25.3 Å². The second kappa shape index (κ2) is 8.71. The molecule has 1 amide bonds. The number of hydrogen-bond acceptors (Lipinski definition) is 4. The van der Waals surface area contributed by atoms with Crippen molar-refractivity contribution in [2.45, 2.75) is 51.7 Å². The molecule has 1 saturated heterocycles. The monoisotopic (exact) mass is 423 g/mol. The number of likely N-dealkylation sites (tertiary alicyclic amines) is 1. The van der Waals surface area contributed by atoms with Crippen LogP contribution in [-0.2, 0) is 11.3 Å². The molecule has 6 nitrogen and oxygen atoms in total. The smallest absolute Gasteiger partial charge is 0.410 e. The Kier molecular flexibility index (Phi) is 6.49. The summed E-state index contributed by atoms with van der Waals surface area (Å²) in [4.78, 5) is 18.8. The SMILES string of the molecule is CC(C)(C)OC(=O)N1CCC(c2nc(-c3ccc(F)c(Cl)c3)cn2CCO)CC1. The highest BCUT2D eigenvalue weighted by molar-refractivity contribution is 6.31. The lowest BCUT2D eigenvalue weighted by Crippen LogP contribution is -2.41. The van der Waals surface area contributed by atoms with E-state index in [0.717, 1.165) is 24.2 Å². The molecule has 0 unspecified atom stereocenters. The van der Waals surface area contributed by atoms with E-state index in [1.54, 1.807) is 17.0 Å². The van der Waals surface area contributed by atoms with E-state index >= 15 is 0 Å². The zero-order valence-corrected chi connectivity index (χ0v) is 17.7. The molecule has 1 aromatic heterocycles. The molecule has 2 aromatic rings. The number of imidazole rings is 1. The maximum absolute atomic E-state index is 13.5. The average molecular weight is 424 g/mol. The molecular weight excluding hydrogens is 397 g/mol. The summed E-state index contributed by atoms with van der Waals surface area (Å²) in [6.45, 7) is 7.14. The normalized spacial score (nSPS) is 15.6. The number of rotatable bonds is 4. The fourth-order valence-corrected chi connectivity index (χ4v) is 3.66. The predicted octanol–water partition coefficient (Wildman–Crippen LogP) is 4.45. The number of halogens is 2. The van der Waals surface area contributed by atoms with Gasteiger partial charge < -0.3 is 19.3 Å². The number of aliphatic hydroxyl groups is 1. The summed E-state index contributed by atoms with van der Waals surface area (Å²) in [6.07, 6.45) is 3.07. The van der Waals surface area contributed by atoms with E-state index in [1.807, 2.05) is 31.5 Å². The molecule has 0 bridgehead atoms. The molecule has 1 aliphatic rings. The van der Waals surface area contributed by atoms with Crippen molar-refractivity contribution in [1.29, 1.82) is 0 Å². The number of carbonyl (C=O) groups is 1. The van der Waals surface area contributed by atoms with Gasteiger partial charge in [-0.25, -0.2) is 14.2 Å². The van der Waals surface area contributed by atoms with Gasteiger partial charge in [0.05, 0.1) is 17.3 Å². The van der Waals surface area contributed by atoms with Crippen LogP contribution in [0.4, 0.5) is 9.18 Å². The summed E-state index contributed by atoms with van der Waals surface area (Å²) in [5, 5.41) is 9.48. The second-order valence-electron chi connectivity index (χ2n) is 8.27. The number of aromatic nitrogens is 2. The van der Waals surface area contributed by atoms with E-state index < -0.39 is 11.4 Å². The molecule has 0 atom stereocenters. The highest BCUT2D eigenvalue weighted by Gasteiger charge is 2.29. The Balaban J connectivity index is 1.76. The predicted molar refractivity (Wildman–Crippen MR) is 109 cm³/mol. The zero-order chi connectivity index (χ0) is 21.2. The van der Waals surface area contributed by atoms with Crippen molar-refractivity contribution >= 4 is 17.7 Å². The van der Waals surface area contributed by atoms with Gasteiger partial charge in [-0.2, -0.15) is 0 Å². The van der Waals surface area contributed by atoms with Gasteiger partial charge in [-0.3, -0.25) is 0 Å². The Morgan fingerprint density at radius 1 is 1.34 bits per heavy atom. The van der Waals surface area contributed by atoms with Gasteiger partial charge >= 0.3 is 6.09 Å². The van der Waals surface area contributed by atoms with Crippen molar-refractivity contribution in [2.75, 3.05) is 19.7 Å². The summed E-state index contributed by atoms with van der Waals surface area (Å²) in [5.41, 5.74) is 0.891. The van der Waals surface area contributed by atoms with Gasteiger partial charge in [0, 0.05) is 37.3 Å². The Bertz CT molecular complexity index is 871. The maximum Gasteiger partial charge on any atom is 0.410 e. The standard InChI is InChI=1S/C21H27ClFN3O3/c1-21(2,3)29-20(28)25-8-6-14(7-9-25)19-24-18(13-26(19)10-11-27)15-4-5-17(23)16(22)12-15/h4-5,12-14,27H,6-11H2,1-3H3. The first-order valence-electron chi connectivity index (χ1n) is 9.79. The molecule has 3 rings (SSSR count). The summed E-state index contributed by atoms with van der Waals surface area (Å²) >= 11 is 5.91. The number of nitrogens with zero attached hydrogens (tertiary/aromatic N) is 3. The van der Waals surface area contributed by atoms with Crippen LogP contribution in [0.15, 0.2) is 24.4 Å². The van der Waals surface area contributed by atoms with Crippen LogP contribution in [0.1, 0.15) is 45.4 Å². The number of aliphatic hydroxyl groups excluding tert-OH is 1. The van der Waals surface area contributed by atoms with Crippen molar-refractivity contribution in [3.63, 3.8) is 0 Å². The molecule has 29 heavy (non-hydrogen) atoms. The van der Waals surface area contributed by atoms with Crippen LogP contribution in [-0.4, -0.2) is 50.9 Å². The number of amides is 1. The van der Waals surface area contributed by atoms with E-state index in [-0.39, 0.29) is 23.6 Å². The summed E-state index contributed by atoms with van der Waals surface area (Å²) < 4.78 is 20.9. The zero-order valence-electron chi connectivity index (χ0n) is 17.0. The fourth-order valence-electron chi connectivity index (χ4n) is 3.48. The van der Waals surface area contributed by atoms with E-state index in [2.05, 4.69) is 0 Å². The van der Waals surface area contributed by atoms with Gasteiger partial charge in [-0.15, -0.1) is 0 Å². The summed E-state index contributed by atoms with van der Waals surface area (Å²) in [6, 6.07) is 4.51. The van der Waals surface area contributed by atoms with Gasteiger partial charge in [0.15, 0.2) is 0 Å². The maximum atomic E-state index is 13.5. The van der Waals surface area contributed by atoms with Crippen molar-refractivity contribution < 1.29 is 19.0 Å². The lowest BCUT2D eigenvalue weighted by molar-refractivity contribution is 0.0202. The molecular formula is C21H27ClFN3O3. The molecule has 0 radical (unpaired) electrons. The molecule has 1 N–H and O–H groups in total. The summed E-state index contributed by atoms with van der Waals surface area (Å²) in [7, 11) is 0. The van der Waals surface area contributed by atoms with Crippen LogP contribution in [0.3, 0.4) is 0 Å². The first kappa shape index (κ1) is 21.6. The van der Waals surface area contributed by atoms with Crippen LogP contribution in [0, 0.1) is 5.82 Å². The van der Waals surface area contributed by atoms with E-state index in [9.17, 15) is 14.3 Å². The Hall–Kier alpha value is -2.12. The third-order valence-electron chi connectivity index (χ3n) is 4.88. The first-order valence-corrected chi connectivity index (χ1v) is 10.2. The second-order valence-corrected chi connectivity index (χ2v) is 8.68. The number of ether oxygens (including phenoxy) is 1. The molecule has 1 aliphatic heterocycles. The fraction of sp³-hybridized carbons (Fsp3) is 0.524. The lowest BCUT2D eigenvalue weighted by Gasteiger charge is -2.33. The van der Waals surface area contributed by atoms with E-state index in [1.165, 1.54) is 6.07 Å². The molecule has 1 fully saturated rings. The Morgan fingerprint density at radius 3 is 2.62 bits per heavy atom. The van der Waals surface area contributed by atoms with Crippen LogP contribution in [0.25, 0.3) is 11.3 Å². The van der Waals surface area contributed by atoms with Crippen LogP contribution < -0.4 is 0 Å². The van der Waals surface area contributed by atoms with Gasteiger partial charge in [0.1, 0.15) is 17.2 Å². The number of carbonyl (C=O) groups excluding carboxylic acids is 1. The largest absolute Gasteiger partial charge is 0.444 e. The van der Waals surface area contributed by atoms with Crippen LogP contribution in [0.5, 0.6) is 0 Å². The van der Waals surface area contributed by atoms with Gasteiger partial charge in [-0.1, -0.05) is 11.6 Å². The molecule has 0 spiro atoms. The quantitative estimate of drug-likeness (QED) is 0.788. The Morgan fingerprint density at radius 2 is 2.03 bits per heavy atom. The highest BCUT2D eigenvalue weighted by Crippen LogP contribution is 2.31. The van der Waals surface area contributed by atoms with Crippen molar-refractivity contribution in [2.24, 2.45) is 0 Å². The molecule has 2 heterocycles. The number of piperidine rings is 1. The average Bonchev–Trinajstić information content (AvgIpc) is 3.07. The highest BCUT2D eigenvalue weighted by atomic mass is 35.5. The van der Waals surface area contributed by atoms with Crippen molar-refractivity contribution in [3.8, 4) is 11.3 Å². The molecule has 0 saturated carbocycles. The van der Waals surface area contributed by atoms with Gasteiger partial charge in [-0.05, 0) is 51.8 Å². The molecule has 0 aliphatic carbocycles. The third-order valence-corrected chi connectivity index (χ3v) is 5.17. The lowest BCUT2D eigenvalue weighted by atomic mass is 9.96. The minimum atomic E-state index is -0.517. The molecule has 8 heteroatoms. The summed E-state index contributed by atoms with van der Waals surface area (Å²) in [5.74, 6) is 0.545. The number of hydrogen-bond donors (Lipinski definition) is 1. The van der Waals surface area contributed by atoms with Gasteiger partial charge in [0.25, 0.3) is 0 Å². The third kappa shape index (κ3) is 5.28. The van der Waals surface area contributed by atoms with Crippen molar-refractivity contribution in [1.82, 2.24) is 14.5 Å². The minimum absolute atomic E-state index is 0.0102. The van der Waals surface area contributed by atoms with Crippen LogP contribution >= 0.6 is 11.6 Å².